The molecule has 0 bridgehead atoms. The van der Waals surface area contributed by atoms with Gasteiger partial charge in [-0.25, -0.2) is 9.59 Å². The van der Waals surface area contributed by atoms with Crippen molar-refractivity contribution >= 4 is 17.7 Å². The second-order valence-corrected chi connectivity index (χ2v) is 8.05. The van der Waals surface area contributed by atoms with Gasteiger partial charge in [0.05, 0.1) is 12.2 Å². The summed E-state index contributed by atoms with van der Waals surface area (Å²) in [6.07, 6.45) is 3.40. The number of hydrogen-bond acceptors (Lipinski definition) is 7. The molecule has 7 nitrogen and oxygen atoms in total. The van der Waals surface area contributed by atoms with E-state index >= 15 is 0 Å². The van der Waals surface area contributed by atoms with E-state index in [9.17, 15) is 14.4 Å². The zero-order valence-corrected chi connectivity index (χ0v) is 15.5. The van der Waals surface area contributed by atoms with Gasteiger partial charge in [0, 0.05) is 42.9 Å². The molecular weight excluding hydrogens is 352 g/mol. The van der Waals surface area contributed by atoms with Crippen LogP contribution in [0, 0.1) is 17.8 Å². The van der Waals surface area contributed by atoms with Gasteiger partial charge in [-0.3, -0.25) is 4.79 Å². The summed E-state index contributed by atoms with van der Waals surface area (Å²) >= 11 is 0. The van der Waals surface area contributed by atoms with Crippen LogP contribution in [0.2, 0.25) is 0 Å². The fraction of sp³-hybridized carbons (Fsp3) is 0.650. The maximum atomic E-state index is 13.2. The average Bonchev–Trinajstić information content (AvgIpc) is 2.96. The van der Waals surface area contributed by atoms with E-state index in [0.717, 1.165) is 0 Å². The second-order valence-electron chi connectivity index (χ2n) is 8.05. The largest absolute Gasteiger partial charge is 0.455 e. The summed E-state index contributed by atoms with van der Waals surface area (Å²) < 4.78 is 22.1. The molecule has 0 aromatic carbocycles. The average molecular weight is 376 g/mol. The third kappa shape index (κ3) is 3.12. The summed E-state index contributed by atoms with van der Waals surface area (Å²) in [7, 11) is 1.55. The van der Waals surface area contributed by atoms with E-state index < -0.39 is 41.6 Å². The van der Waals surface area contributed by atoms with Gasteiger partial charge in [-0.05, 0) is 25.8 Å². The molecule has 146 valence electrons. The minimum absolute atomic E-state index is 0.0306. The van der Waals surface area contributed by atoms with Gasteiger partial charge in [0.25, 0.3) is 0 Å². The molecule has 0 spiro atoms. The highest BCUT2D eigenvalue weighted by molar-refractivity contribution is 5.93. The van der Waals surface area contributed by atoms with Crippen molar-refractivity contribution in [1.29, 1.82) is 0 Å². The first-order valence-electron chi connectivity index (χ1n) is 9.32. The van der Waals surface area contributed by atoms with Crippen molar-refractivity contribution in [3.05, 3.63) is 24.3 Å². The maximum Gasteiger partial charge on any atom is 0.334 e. The number of ketones is 1. The van der Waals surface area contributed by atoms with Crippen LogP contribution in [0.25, 0.3) is 0 Å². The summed E-state index contributed by atoms with van der Waals surface area (Å²) in [4.78, 5) is 36.8. The van der Waals surface area contributed by atoms with Gasteiger partial charge in [-0.2, -0.15) is 0 Å². The van der Waals surface area contributed by atoms with Crippen LogP contribution >= 0.6 is 0 Å². The van der Waals surface area contributed by atoms with Crippen LogP contribution in [0.3, 0.4) is 0 Å². The van der Waals surface area contributed by atoms with Crippen LogP contribution in [0.5, 0.6) is 0 Å². The molecule has 2 saturated heterocycles. The number of methoxy groups -OCH3 is 1. The van der Waals surface area contributed by atoms with Gasteiger partial charge in [0.2, 0.25) is 0 Å². The van der Waals surface area contributed by atoms with Crippen molar-refractivity contribution in [2.24, 2.45) is 17.8 Å². The van der Waals surface area contributed by atoms with Gasteiger partial charge in [-0.15, -0.1) is 0 Å². The fourth-order valence-corrected chi connectivity index (χ4v) is 4.68. The molecule has 0 N–H and O–H groups in total. The number of fused-ring (bicyclic) bond motifs is 3. The number of esters is 2. The Kier molecular flexibility index (Phi) is 4.47. The van der Waals surface area contributed by atoms with Gasteiger partial charge in [0.1, 0.15) is 24.1 Å². The molecule has 4 rings (SSSR count). The highest BCUT2D eigenvalue weighted by Crippen LogP contribution is 2.51. The van der Waals surface area contributed by atoms with Gasteiger partial charge >= 0.3 is 11.9 Å². The van der Waals surface area contributed by atoms with Crippen molar-refractivity contribution in [2.75, 3.05) is 13.7 Å². The van der Waals surface area contributed by atoms with E-state index in [-0.39, 0.29) is 30.8 Å². The highest BCUT2D eigenvalue weighted by atomic mass is 16.6. The van der Waals surface area contributed by atoms with Crippen molar-refractivity contribution in [3.8, 4) is 0 Å². The molecule has 0 aromatic rings. The molecule has 27 heavy (non-hydrogen) atoms. The van der Waals surface area contributed by atoms with E-state index in [1.807, 2.05) is 6.92 Å². The third-order valence-electron chi connectivity index (χ3n) is 6.36. The third-order valence-corrected chi connectivity index (χ3v) is 6.36. The number of cyclic esters (lactones) is 1. The fourth-order valence-electron chi connectivity index (χ4n) is 4.68. The summed E-state index contributed by atoms with van der Waals surface area (Å²) in [5.74, 6) is -1.92. The number of ether oxygens (including phenoxy) is 4. The molecular formula is C20H24O7. The Morgan fingerprint density at radius 1 is 1.30 bits per heavy atom. The van der Waals surface area contributed by atoms with E-state index in [0.29, 0.717) is 18.4 Å². The number of hydrogen-bond donors (Lipinski definition) is 0. The Morgan fingerprint density at radius 3 is 2.74 bits per heavy atom. The predicted molar refractivity (Wildman–Crippen MR) is 92.5 cm³/mol. The lowest BCUT2D eigenvalue weighted by molar-refractivity contribution is -0.144. The smallest absolute Gasteiger partial charge is 0.334 e. The lowest BCUT2D eigenvalue weighted by Gasteiger charge is -2.31. The quantitative estimate of drug-likeness (QED) is 0.417. The molecule has 0 radical (unpaired) electrons. The molecule has 1 aliphatic carbocycles. The second kappa shape index (κ2) is 6.56. The first kappa shape index (κ1) is 18.4. The van der Waals surface area contributed by atoms with Crippen LogP contribution in [-0.4, -0.2) is 55.4 Å². The maximum absolute atomic E-state index is 13.2. The Hall–Kier alpha value is -1.99. The first-order chi connectivity index (χ1) is 12.8. The number of carbonyl (C=O) groups excluding carboxylic acids is 3. The van der Waals surface area contributed by atoms with Gasteiger partial charge in [0.15, 0.2) is 0 Å². The number of rotatable bonds is 3. The van der Waals surface area contributed by atoms with Crippen LogP contribution < -0.4 is 0 Å². The van der Waals surface area contributed by atoms with E-state index in [1.54, 1.807) is 13.2 Å². The zero-order valence-electron chi connectivity index (χ0n) is 15.5. The Balaban J connectivity index is 1.65. The van der Waals surface area contributed by atoms with Gasteiger partial charge < -0.3 is 18.9 Å². The SMILES string of the molecule is C=C1C(=O)O[C@@H]2[C@H]3O[C@]3(C)CCC(C3C=CC(=O)O3)C(COC)C(=O)C[C@@H]12. The predicted octanol–water partition coefficient (Wildman–Crippen LogP) is 1.36. The lowest BCUT2D eigenvalue weighted by atomic mass is 9.74. The molecule has 3 heterocycles. The van der Waals surface area contributed by atoms with Crippen molar-refractivity contribution < 1.29 is 33.3 Å². The highest BCUT2D eigenvalue weighted by Gasteiger charge is 2.62. The van der Waals surface area contributed by atoms with Crippen LogP contribution in [0.15, 0.2) is 24.3 Å². The summed E-state index contributed by atoms with van der Waals surface area (Å²) in [6, 6.07) is 0. The molecule has 0 aromatic heterocycles. The van der Waals surface area contributed by atoms with Crippen LogP contribution in [-0.2, 0) is 33.3 Å². The molecule has 7 heteroatoms. The minimum Gasteiger partial charge on any atom is -0.455 e. The van der Waals surface area contributed by atoms with Crippen LogP contribution in [0.4, 0.5) is 0 Å². The number of Topliss-reactive ketones (excluding diaryl/α,β-unsaturated/α-hetero) is 1. The van der Waals surface area contributed by atoms with Crippen molar-refractivity contribution in [1.82, 2.24) is 0 Å². The monoisotopic (exact) mass is 376 g/mol. The standard InChI is InChI=1S/C20H24O7/c1-10-12-8-14(21)13(9-24-3)11(15-4-5-16(22)25-15)6-7-20(2)18(27-20)17(12)26-19(10)23/h4-5,11-13,15,17-18H,1,6-9H2,2-3H3/t11?,12-,13?,15?,17-,18+,20+/m0/s1. The van der Waals surface area contributed by atoms with E-state index in [2.05, 4.69) is 6.58 Å². The molecule has 0 amide bonds. The Labute approximate surface area is 157 Å². The van der Waals surface area contributed by atoms with Crippen LogP contribution in [0.1, 0.15) is 26.2 Å². The number of epoxide rings is 1. The summed E-state index contributed by atoms with van der Waals surface area (Å²) in [5, 5.41) is 0. The summed E-state index contributed by atoms with van der Waals surface area (Å²) in [5.41, 5.74) is -0.0946. The molecule has 7 atom stereocenters. The normalized spacial score (nSPS) is 43.8. The van der Waals surface area contributed by atoms with E-state index in [4.69, 9.17) is 18.9 Å². The minimum atomic E-state index is -0.470. The summed E-state index contributed by atoms with van der Waals surface area (Å²) in [6.45, 7) is 6.06. The number of carbonyl (C=O) groups is 3. The lowest BCUT2D eigenvalue weighted by Crippen LogP contribution is -2.40. The van der Waals surface area contributed by atoms with Crippen molar-refractivity contribution in [2.45, 2.75) is 50.1 Å². The van der Waals surface area contributed by atoms with Gasteiger partial charge in [-0.1, -0.05) is 6.58 Å². The molecule has 3 unspecified atom stereocenters. The van der Waals surface area contributed by atoms with Crippen molar-refractivity contribution in [3.63, 3.8) is 0 Å². The Morgan fingerprint density at radius 2 is 2.07 bits per heavy atom. The topological polar surface area (TPSA) is 91.4 Å². The first-order valence-corrected chi connectivity index (χ1v) is 9.32. The molecule has 4 aliphatic rings. The zero-order chi connectivity index (χ0) is 19.3. The van der Waals surface area contributed by atoms with E-state index in [1.165, 1.54) is 6.08 Å². The molecule has 3 aliphatic heterocycles. The molecule has 1 saturated carbocycles. The Bertz CT molecular complexity index is 726. The molecule has 3 fully saturated rings.